The van der Waals surface area contributed by atoms with Crippen LogP contribution in [0.3, 0.4) is 0 Å². The van der Waals surface area contributed by atoms with Crippen LogP contribution in [-0.2, 0) is 0 Å². The number of anilines is 1. The summed E-state index contributed by atoms with van der Waals surface area (Å²) in [5.41, 5.74) is 5.08. The normalized spacial score (nSPS) is 14.4. The summed E-state index contributed by atoms with van der Waals surface area (Å²) >= 11 is 0. The predicted molar refractivity (Wildman–Crippen MR) is 149 cm³/mol. The highest BCUT2D eigenvalue weighted by atomic mass is 16.5. The van der Waals surface area contributed by atoms with Crippen LogP contribution in [0.4, 0.5) is 5.69 Å². The fourth-order valence-corrected chi connectivity index (χ4v) is 5.05. The summed E-state index contributed by atoms with van der Waals surface area (Å²) in [6.07, 6.45) is 6.29. The van der Waals surface area contributed by atoms with Gasteiger partial charge in [0.25, 0.3) is 0 Å². The van der Waals surface area contributed by atoms with Gasteiger partial charge in [-0.3, -0.25) is 9.69 Å². The van der Waals surface area contributed by atoms with Crippen LogP contribution >= 0.6 is 0 Å². The number of fused-ring (bicyclic) bond motifs is 2. The molecule has 0 bridgehead atoms. The van der Waals surface area contributed by atoms with Crippen molar-refractivity contribution in [1.29, 1.82) is 0 Å². The molecule has 0 radical (unpaired) electrons. The second-order valence-electron chi connectivity index (χ2n) is 9.57. The van der Waals surface area contributed by atoms with Gasteiger partial charge in [0.2, 0.25) is 5.56 Å². The molecule has 188 valence electrons. The van der Waals surface area contributed by atoms with Crippen molar-refractivity contribution in [3.05, 3.63) is 95.5 Å². The first kappa shape index (κ1) is 23.3. The molecule has 37 heavy (non-hydrogen) atoms. The number of imidazole rings is 1. The number of rotatable bonds is 8. The highest BCUT2D eigenvalue weighted by Gasteiger charge is 2.20. The SMILES string of the molecule is O=c1ccc2ccc(OCCCCN3CCN(c4cccn5cc(-c6ccccc6)nc45)CC3)cc2[nH]1. The van der Waals surface area contributed by atoms with Crippen molar-refractivity contribution in [3.63, 3.8) is 0 Å². The van der Waals surface area contributed by atoms with Gasteiger partial charge >= 0.3 is 0 Å². The average Bonchev–Trinajstić information content (AvgIpc) is 3.38. The first-order valence-corrected chi connectivity index (χ1v) is 13.0. The Kier molecular flexibility index (Phi) is 6.60. The predicted octanol–water partition coefficient (Wildman–Crippen LogP) is 4.82. The van der Waals surface area contributed by atoms with Gasteiger partial charge in [-0.1, -0.05) is 30.3 Å². The molecule has 7 heteroatoms. The van der Waals surface area contributed by atoms with E-state index >= 15 is 0 Å². The van der Waals surface area contributed by atoms with E-state index in [9.17, 15) is 4.79 Å². The molecule has 0 spiro atoms. The van der Waals surface area contributed by atoms with Crippen LogP contribution in [0.2, 0.25) is 0 Å². The van der Waals surface area contributed by atoms with Crippen LogP contribution in [0.1, 0.15) is 12.8 Å². The van der Waals surface area contributed by atoms with Crippen molar-refractivity contribution in [1.82, 2.24) is 19.3 Å². The second kappa shape index (κ2) is 10.5. The maximum atomic E-state index is 11.5. The number of hydrogen-bond donors (Lipinski definition) is 1. The van der Waals surface area contributed by atoms with Crippen molar-refractivity contribution >= 4 is 22.2 Å². The minimum Gasteiger partial charge on any atom is -0.494 e. The van der Waals surface area contributed by atoms with Gasteiger partial charge < -0.3 is 19.0 Å². The Labute approximate surface area is 215 Å². The summed E-state index contributed by atoms with van der Waals surface area (Å²) in [4.78, 5) is 24.4. The third-order valence-corrected chi connectivity index (χ3v) is 7.08. The van der Waals surface area contributed by atoms with Gasteiger partial charge in [-0.2, -0.15) is 0 Å². The summed E-state index contributed by atoms with van der Waals surface area (Å²) in [7, 11) is 0. The van der Waals surface area contributed by atoms with Gasteiger partial charge in [-0.25, -0.2) is 4.98 Å². The number of unbranched alkanes of at least 4 members (excludes halogenated alkanes) is 1. The molecule has 2 aromatic carbocycles. The van der Waals surface area contributed by atoms with Crippen molar-refractivity contribution in [3.8, 4) is 17.0 Å². The zero-order chi connectivity index (χ0) is 25.0. The van der Waals surface area contributed by atoms with Gasteiger partial charge in [-0.15, -0.1) is 0 Å². The van der Waals surface area contributed by atoms with Crippen LogP contribution in [0, 0.1) is 0 Å². The van der Waals surface area contributed by atoms with Gasteiger partial charge in [0, 0.05) is 56.3 Å². The molecule has 0 atom stereocenters. The van der Waals surface area contributed by atoms with Crippen LogP contribution in [0.5, 0.6) is 5.75 Å². The Morgan fingerprint density at radius 3 is 2.59 bits per heavy atom. The smallest absolute Gasteiger partial charge is 0.248 e. The Balaban J connectivity index is 0.989. The Morgan fingerprint density at radius 1 is 0.892 bits per heavy atom. The fraction of sp³-hybridized carbons (Fsp3) is 0.267. The molecule has 0 aliphatic carbocycles. The van der Waals surface area contributed by atoms with Crippen molar-refractivity contribution < 1.29 is 4.74 Å². The van der Waals surface area contributed by atoms with E-state index in [0.717, 1.165) is 79.1 Å². The van der Waals surface area contributed by atoms with E-state index in [1.807, 2.05) is 30.3 Å². The maximum Gasteiger partial charge on any atom is 0.248 e. The summed E-state index contributed by atoms with van der Waals surface area (Å²) in [5, 5.41) is 1.01. The monoisotopic (exact) mass is 493 g/mol. The van der Waals surface area contributed by atoms with E-state index in [4.69, 9.17) is 9.72 Å². The minimum absolute atomic E-state index is 0.0943. The Bertz CT molecular complexity index is 1550. The molecule has 1 aliphatic rings. The summed E-state index contributed by atoms with van der Waals surface area (Å²) in [5.74, 6) is 0.798. The molecule has 7 nitrogen and oxygen atoms in total. The number of ether oxygens (including phenoxy) is 1. The van der Waals surface area contributed by atoms with Gasteiger partial charge in [0.1, 0.15) is 5.75 Å². The lowest BCUT2D eigenvalue weighted by Gasteiger charge is -2.36. The fourth-order valence-electron chi connectivity index (χ4n) is 5.05. The average molecular weight is 494 g/mol. The molecule has 6 rings (SSSR count). The van der Waals surface area contributed by atoms with Crippen LogP contribution in [0.25, 0.3) is 27.8 Å². The van der Waals surface area contributed by atoms with Crippen LogP contribution in [-0.4, -0.2) is 58.6 Å². The zero-order valence-corrected chi connectivity index (χ0v) is 20.8. The molecule has 0 unspecified atom stereocenters. The van der Waals surface area contributed by atoms with Crippen molar-refractivity contribution in [2.75, 3.05) is 44.2 Å². The minimum atomic E-state index is -0.0943. The topological polar surface area (TPSA) is 65.9 Å². The largest absolute Gasteiger partial charge is 0.494 e. The maximum absolute atomic E-state index is 11.5. The van der Waals surface area contributed by atoms with E-state index < -0.39 is 0 Å². The number of nitrogens with zero attached hydrogens (tertiary/aromatic N) is 4. The molecule has 1 saturated heterocycles. The molecule has 1 fully saturated rings. The lowest BCUT2D eigenvalue weighted by molar-refractivity contribution is 0.239. The number of aromatic nitrogens is 3. The number of H-pyrrole nitrogens is 1. The number of piperazine rings is 1. The van der Waals surface area contributed by atoms with Crippen molar-refractivity contribution in [2.45, 2.75) is 12.8 Å². The first-order valence-electron chi connectivity index (χ1n) is 13.0. The molecule has 0 saturated carbocycles. The lowest BCUT2D eigenvalue weighted by atomic mass is 10.2. The highest BCUT2D eigenvalue weighted by Crippen LogP contribution is 2.26. The molecular formula is C30H31N5O2. The summed E-state index contributed by atoms with van der Waals surface area (Å²) in [6, 6.07) is 23.9. The molecule has 5 aromatic rings. The van der Waals surface area contributed by atoms with E-state index in [2.05, 4.69) is 68.0 Å². The third kappa shape index (κ3) is 5.22. The molecule has 0 amide bonds. The van der Waals surface area contributed by atoms with Gasteiger partial charge in [-0.05, 0) is 55.1 Å². The molecule has 1 aliphatic heterocycles. The van der Waals surface area contributed by atoms with Crippen LogP contribution < -0.4 is 15.2 Å². The van der Waals surface area contributed by atoms with Gasteiger partial charge in [0.15, 0.2) is 5.65 Å². The number of nitrogens with one attached hydrogen (secondary N) is 1. The van der Waals surface area contributed by atoms with E-state index in [0.29, 0.717) is 6.61 Å². The summed E-state index contributed by atoms with van der Waals surface area (Å²) in [6.45, 7) is 5.85. The number of benzene rings is 2. The quantitative estimate of drug-likeness (QED) is 0.314. The van der Waals surface area contributed by atoms with Crippen LogP contribution in [0.15, 0.2) is 90.0 Å². The lowest BCUT2D eigenvalue weighted by Crippen LogP contribution is -2.46. The van der Waals surface area contributed by atoms with E-state index in [1.54, 1.807) is 6.07 Å². The Hall–Kier alpha value is -4.10. The standard InChI is InChI=1S/C30H31N5O2/c36-29-13-11-24-10-12-25(21-26(24)31-29)37-20-5-4-14-33-16-18-34(19-17-33)28-9-6-15-35-22-27(32-30(28)35)23-7-2-1-3-8-23/h1-3,6-13,15,21-22H,4-5,14,16-20H2,(H,31,36). The number of pyridine rings is 2. The van der Waals surface area contributed by atoms with Crippen molar-refractivity contribution in [2.24, 2.45) is 0 Å². The highest BCUT2D eigenvalue weighted by molar-refractivity contribution is 5.79. The third-order valence-electron chi connectivity index (χ3n) is 7.08. The molecule has 1 N–H and O–H groups in total. The number of hydrogen-bond acceptors (Lipinski definition) is 5. The number of aromatic amines is 1. The van der Waals surface area contributed by atoms with Gasteiger partial charge in [0.05, 0.1) is 23.5 Å². The molecular weight excluding hydrogens is 462 g/mol. The van der Waals surface area contributed by atoms with E-state index in [1.165, 1.54) is 5.69 Å². The van der Waals surface area contributed by atoms with E-state index in [-0.39, 0.29) is 5.56 Å². The Morgan fingerprint density at radius 2 is 1.73 bits per heavy atom. The zero-order valence-electron chi connectivity index (χ0n) is 20.8. The summed E-state index contributed by atoms with van der Waals surface area (Å²) < 4.78 is 8.07. The molecule has 4 heterocycles. The second-order valence-corrected chi connectivity index (χ2v) is 9.57. The first-order chi connectivity index (χ1) is 18.2. The molecule has 3 aromatic heterocycles.